The number of rotatable bonds is 8. The second-order valence-corrected chi connectivity index (χ2v) is 14.2. The van der Waals surface area contributed by atoms with Crippen LogP contribution in [0.15, 0.2) is 47.2 Å². The molecule has 13 heteroatoms. The zero-order valence-electron chi connectivity index (χ0n) is 22.1. The maximum absolute atomic E-state index is 15.4. The van der Waals surface area contributed by atoms with Crippen molar-refractivity contribution in [2.24, 2.45) is 0 Å². The second kappa shape index (κ2) is 10.1. The molecule has 8 nitrogen and oxygen atoms in total. The van der Waals surface area contributed by atoms with Crippen LogP contribution in [0.2, 0.25) is 0 Å². The van der Waals surface area contributed by atoms with Crippen molar-refractivity contribution in [1.29, 1.82) is 0 Å². The lowest BCUT2D eigenvalue weighted by molar-refractivity contribution is -0.0507. The molecule has 3 heterocycles. The van der Waals surface area contributed by atoms with Crippen LogP contribution in [0.25, 0.3) is 22.2 Å². The molecule has 4 aromatic rings. The van der Waals surface area contributed by atoms with Crippen molar-refractivity contribution in [3.63, 3.8) is 0 Å². The predicted octanol–water partition coefficient (Wildman–Crippen LogP) is 5.88. The van der Waals surface area contributed by atoms with E-state index in [1.54, 1.807) is 22.8 Å². The number of ether oxygens (including phenoxy) is 1. The first-order chi connectivity index (χ1) is 19.3. The molecule has 0 bridgehead atoms. The van der Waals surface area contributed by atoms with Crippen molar-refractivity contribution in [3.8, 4) is 16.9 Å². The molecule has 1 aliphatic heterocycles. The van der Waals surface area contributed by atoms with E-state index in [1.165, 1.54) is 38.4 Å². The molecule has 2 atom stereocenters. The third-order valence-corrected chi connectivity index (χ3v) is 10.6. The molecule has 1 aliphatic carbocycles. The summed E-state index contributed by atoms with van der Waals surface area (Å²) < 4.78 is 75.4. The quantitative estimate of drug-likeness (QED) is 0.254. The Morgan fingerprint density at radius 1 is 1.20 bits per heavy atom. The summed E-state index contributed by atoms with van der Waals surface area (Å²) in [5.41, 5.74) is 0.473. The van der Waals surface area contributed by atoms with Crippen LogP contribution in [0.1, 0.15) is 62.3 Å². The Labute approximate surface area is 242 Å². The fourth-order valence-corrected chi connectivity index (χ4v) is 8.09. The summed E-state index contributed by atoms with van der Waals surface area (Å²) in [4.78, 5) is 13.0. The molecule has 2 aliphatic rings. The van der Waals surface area contributed by atoms with Gasteiger partial charge in [0.1, 0.15) is 23.0 Å². The normalized spacial score (nSPS) is 19.2. The zero-order valence-corrected chi connectivity index (χ0v) is 24.5. The van der Waals surface area contributed by atoms with E-state index in [1.807, 2.05) is 0 Å². The Morgan fingerprint density at radius 2 is 1.90 bits per heavy atom. The van der Waals surface area contributed by atoms with Crippen molar-refractivity contribution in [2.45, 2.75) is 62.5 Å². The van der Waals surface area contributed by atoms with Gasteiger partial charge in [-0.25, -0.2) is 27.8 Å². The molecule has 0 unspecified atom stereocenters. The molecule has 216 valence electrons. The molecule has 2 aromatic carbocycles. The summed E-state index contributed by atoms with van der Waals surface area (Å²) in [5, 5.41) is 9.81. The van der Waals surface area contributed by atoms with Gasteiger partial charge >= 0.3 is 6.61 Å². The summed E-state index contributed by atoms with van der Waals surface area (Å²) in [5.74, 6) is -0.697. The first kappa shape index (κ1) is 28.1. The van der Waals surface area contributed by atoms with E-state index in [4.69, 9.17) is 4.74 Å². The minimum atomic E-state index is -3.40. The fourth-order valence-electron chi connectivity index (χ4n) is 5.51. The number of imidazole rings is 1. The molecule has 0 radical (unpaired) electrons. The number of nitrogens with zero attached hydrogens (tertiary/aromatic N) is 4. The van der Waals surface area contributed by atoms with Gasteiger partial charge in [-0.3, -0.25) is 0 Å². The van der Waals surface area contributed by atoms with E-state index in [9.17, 15) is 22.3 Å². The van der Waals surface area contributed by atoms with Gasteiger partial charge in [0.25, 0.3) is 0 Å². The van der Waals surface area contributed by atoms with Crippen molar-refractivity contribution < 1.29 is 31.4 Å². The Balaban J connectivity index is 1.52. The van der Waals surface area contributed by atoms with Gasteiger partial charge in [0.15, 0.2) is 15.7 Å². The number of fused-ring (bicyclic) bond motifs is 3. The number of hydrogen-bond acceptors (Lipinski definition) is 7. The van der Waals surface area contributed by atoms with E-state index in [0.29, 0.717) is 45.3 Å². The predicted molar refractivity (Wildman–Crippen MR) is 149 cm³/mol. The van der Waals surface area contributed by atoms with Crippen molar-refractivity contribution in [3.05, 3.63) is 70.2 Å². The standard InChI is InChI=1S/C28H26BrF3N4O4S/c1-28(2,37)26-33-11-15(12-34-26)17-9-21-20(10-19(17)30)35-25-14(13-41(38,39)16-6-7-16)8-22(36(21)25)24-18(29)4-3-5-23(24)40-27(31)32/h3-5,9-12,14,16,22,27,37H,6-8,13H2,1-2H3/t14-,22+/m0/s1. The van der Waals surface area contributed by atoms with Crippen LogP contribution in [0.3, 0.4) is 0 Å². The Kier molecular flexibility index (Phi) is 6.89. The monoisotopic (exact) mass is 650 g/mol. The first-order valence-electron chi connectivity index (χ1n) is 13.0. The van der Waals surface area contributed by atoms with Gasteiger partial charge in [0.05, 0.1) is 28.1 Å². The van der Waals surface area contributed by atoms with Gasteiger partial charge in [0.2, 0.25) is 0 Å². The molecule has 6 rings (SSSR count). The number of hydrogen-bond donors (Lipinski definition) is 1. The van der Waals surface area contributed by atoms with Crippen LogP contribution in [0.5, 0.6) is 5.75 Å². The number of aromatic nitrogens is 4. The largest absolute Gasteiger partial charge is 0.434 e. The summed E-state index contributed by atoms with van der Waals surface area (Å²) in [7, 11) is -3.40. The van der Waals surface area contributed by atoms with Crippen LogP contribution >= 0.6 is 15.9 Å². The van der Waals surface area contributed by atoms with Crippen LogP contribution in [-0.4, -0.2) is 50.7 Å². The maximum Gasteiger partial charge on any atom is 0.387 e. The van der Waals surface area contributed by atoms with Crippen molar-refractivity contribution in [2.75, 3.05) is 5.75 Å². The van der Waals surface area contributed by atoms with E-state index in [-0.39, 0.29) is 34.6 Å². The van der Waals surface area contributed by atoms with E-state index >= 15 is 4.39 Å². The minimum absolute atomic E-state index is 0.0455. The molecule has 0 spiro atoms. The average molecular weight is 652 g/mol. The highest BCUT2D eigenvalue weighted by Gasteiger charge is 2.43. The SMILES string of the molecule is CC(C)(O)c1ncc(-c2cc3c(cc2F)nc2n3[C@@H](c3c(Br)cccc3OC(F)F)C[C@H]2CS(=O)(=O)C2CC2)cn1. The van der Waals surface area contributed by atoms with Gasteiger partial charge in [0, 0.05) is 45.5 Å². The summed E-state index contributed by atoms with van der Waals surface area (Å²) in [6.45, 7) is 0.0117. The van der Waals surface area contributed by atoms with Gasteiger partial charge < -0.3 is 14.4 Å². The van der Waals surface area contributed by atoms with Gasteiger partial charge in [-0.2, -0.15) is 8.78 Å². The number of benzene rings is 2. The van der Waals surface area contributed by atoms with E-state index in [0.717, 1.165) is 0 Å². The number of aliphatic hydroxyl groups is 1. The van der Waals surface area contributed by atoms with Gasteiger partial charge in [-0.15, -0.1) is 0 Å². The molecular weight excluding hydrogens is 625 g/mol. The van der Waals surface area contributed by atoms with Gasteiger partial charge in [-0.1, -0.05) is 22.0 Å². The number of halogens is 4. The third kappa shape index (κ3) is 5.23. The van der Waals surface area contributed by atoms with E-state index < -0.39 is 39.8 Å². The molecule has 1 N–H and O–H groups in total. The maximum atomic E-state index is 15.4. The summed E-state index contributed by atoms with van der Waals surface area (Å²) >= 11 is 3.48. The molecule has 0 amide bonds. The highest BCUT2D eigenvalue weighted by molar-refractivity contribution is 9.10. The first-order valence-corrected chi connectivity index (χ1v) is 15.6. The molecule has 41 heavy (non-hydrogen) atoms. The zero-order chi connectivity index (χ0) is 29.3. The van der Waals surface area contributed by atoms with Crippen molar-refractivity contribution in [1.82, 2.24) is 19.5 Å². The molecule has 1 saturated carbocycles. The number of alkyl halides is 2. The van der Waals surface area contributed by atoms with Crippen LogP contribution in [0.4, 0.5) is 13.2 Å². The van der Waals surface area contributed by atoms with Crippen molar-refractivity contribution >= 4 is 36.8 Å². The topological polar surface area (TPSA) is 107 Å². The second-order valence-electron chi connectivity index (χ2n) is 11.0. The lowest BCUT2D eigenvalue weighted by Gasteiger charge is -2.21. The van der Waals surface area contributed by atoms with E-state index in [2.05, 4.69) is 30.9 Å². The minimum Gasteiger partial charge on any atom is -0.434 e. The molecule has 2 aromatic heterocycles. The Bertz CT molecular complexity index is 1750. The fraction of sp³-hybridized carbons (Fsp3) is 0.393. The van der Waals surface area contributed by atoms with Crippen LogP contribution in [-0.2, 0) is 15.4 Å². The van der Waals surface area contributed by atoms with Crippen LogP contribution < -0.4 is 4.74 Å². The van der Waals surface area contributed by atoms with Gasteiger partial charge in [-0.05, 0) is 51.3 Å². The number of sulfone groups is 1. The summed E-state index contributed by atoms with van der Waals surface area (Å²) in [6.07, 6.45) is 4.35. The lowest BCUT2D eigenvalue weighted by atomic mass is 9.98. The Morgan fingerprint density at radius 3 is 2.54 bits per heavy atom. The third-order valence-electron chi connectivity index (χ3n) is 7.53. The average Bonchev–Trinajstić information content (AvgIpc) is 3.62. The molecule has 0 saturated heterocycles. The molecular formula is C28H26BrF3N4O4S. The Hall–Kier alpha value is -3.03. The summed E-state index contributed by atoms with van der Waals surface area (Å²) in [6, 6.07) is 6.94. The van der Waals surface area contributed by atoms with Crippen LogP contribution in [0, 0.1) is 5.82 Å². The smallest absolute Gasteiger partial charge is 0.387 e. The highest BCUT2D eigenvalue weighted by Crippen LogP contribution is 2.49. The lowest BCUT2D eigenvalue weighted by Crippen LogP contribution is -2.19. The molecule has 1 fully saturated rings. The highest BCUT2D eigenvalue weighted by atomic mass is 79.9.